The molecule has 2 aromatic rings. The summed E-state index contributed by atoms with van der Waals surface area (Å²) >= 11 is 0. The number of carbonyl (C=O) groups is 2. The Hall–Kier alpha value is -3.16. The number of ether oxygens (including phenoxy) is 1. The Morgan fingerprint density at radius 2 is 1.75 bits per heavy atom. The number of nitrogens with zero attached hydrogens (tertiary/aromatic N) is 4. The highest BCUT2D eigenvalue weighted by Gasteiger charge is 2.26. The van der Waals surface area contributed by atoms with Crippen molar-refractivity contribution in [1.82, 2.24) is 19.8 Å². The van der Waals surface area contributed by atoms with E-state index in [1.165, 1.54) is 11.9 Å². The van der Waals surface area contributed by atoms with Gasteiger partial charge in [0.25, 0.3) is 5.91 Å². The first-order valence-electron chi connectivity index (χ1n) is 9.39. The zero-order valence-corrected chi connectivity index (χ0v) is 16.2. The number of hydrogen-bond acceptors (Lipinski definition) is 6. The van der Waals surface area contributed by atoms with Gasteiger partial charge in [0.2, 0.25) is 0 Å². The van der Waals surface area contributed by atoms with Crippen LogP contribution in [0.3, 0.4) is 0 Å². The summed E-state index contributed by atoms with van der Waals surface area (Å²) in [4.78, 5) is 36.1. The summed E-state index contributed by atoms with van der Waals surface area (Å²) in [5, 5.41) is 3.22. The van der Waals surface area contributed by atoms with Crippen molar-refractivity contribution < 1.29 is 14.3 Å². The number of carbonyl (C=O) groups excluding carboxylic acids is 2. The van der Waals surface area contributed by atoms with Gasteiger partial charge in [0, 0.05) is 38.8 Å². The van der Waals surface area contributed by atoms with Crippen LogP contribution in [0, 0.1) is 6.92 Å². The number of amides is 2. The Morgan fingerprint density at radius 1 is 1.07 bits per heavy atom. The van der Waals surface area contributed by atoms with E-state index in [0.29, 0.717) is 50.8 Å². The second kappa shape index (κ2) is 9.16. The van der Waals surface area contributed by atoms with Crippen molar-refractivity contribution in [3.05, 3.63) is 53.5 Å². The van der Waals surface area contributed by atoms with E-state index in [2.05, 4.69) is 39.6 Å². The molecule has 148 valence electrons. The second-order valence-electron chi connectivity index (χ2n) is 6.61. The fourth-order valence-corrected chi connectivity index (χ4v) is 2.94. The van der Waals surface area contributed by atoms with Crippen LogP contribution in [-0.2, 0) is 11.3 Å². The average molecular weight is 383 g/mol. The maximum Gasteiger partial charge on any atom is 0.409 e. The van der Waals surface area contributed by atoms with Crippen LogP contribution in [0.25, 0.3) is 0 Å². The van der Waals surface area contributed by atoms with Crippen molar-refractivity contribution in [2.24, 2.45) is 0 Å². The minimum Gasteiger partial charge on any atom is -0.450 e. The molecular formula is C20H25N5O3. The van der Waals surface area contributed by atoms with E-state index in [9.17, 15) is 9.59 Å². The van der Waals surface area contributed by atoms with Gasteiger partial charge in [0.1, 0.15) is 17.8 Å². The molecule has 0 aliphatic carbocycles. The number of aryl methyl sites for hydroxylation is 1. The molecule has 8 heteroatoms. The Bertz CT molecular complexity index is 817. The molecule has 0 spiro atoms. The van der Waals surface area contributed by atoms with Gasteiger partial charge >= 0.3 is 6.09 Å². The minimum absolute atomic E-state index is 0.163. The summed E-state index contributed by atoms with van der Waals surface area (Å²) in [5.74, 6) is 0.438. The van der Waals surface area contributed by atoms with Gasteiger partial charge in [-0.25, -0.2) is 14.8 Å². The molecule has 8 nitrogen and oxygen atoms in total. The smallest absolute Gasteiger partial charge is 0.409 e. The van der Waals surface area contributed by atoms with Crippen LogP contribution < -0.4 is 5.32 Å². The number of anilines is 1. The lowest BCUT2D eigenvalue weighted by molar-refractivity contribution is 0.0566. The molecule has 1 aromatic carbocycles. The molecule has 1 aliphatic heterocycles. The quantitative estimate of drug-likeness (QED) is 0.853. The van der Waals surface area contributed by atoms with Crippen molar-refractivity contribution in [2.75, 3.05) is 38.1 Å². The summed E-state index contributed by atoms with van der Waals surface area (Å²) < 4.78 is 5.00. The molecule has 2 amide bonds. The van der Waals surface area contributed by atoms with Crippen molar-refractivity contribution in [3.8, 4) is 0 Å². The standard InChI is InChI=1S/C20H25N5O3/c1-3-28-20(27)25-10-8-24(9-11-25)19(26)17-12-18(23-14-22-17)21-13-16-6-4-15(2)5-7-16/h4-7,12,14H,3,8-11,13H2,1-2H3,(H,21,22,23). The lowest BCUT2D eigenvalue weighted by Gasteiger charge is -2.33. The van der Waals surface area contributed by atoms with Gasteiger partial charge in [-0.2, -0.15) is 0 Å². The molecule has 28 heavy (non-hydrogen) atoms. The van der Waals surface area contributed by atoms with Gasteiger partial charge in [-0.15, -0.1) is 0 Å². The van der Waals surface area contributed by atoms with E-state index in [0.717, 1.165) is 5.56 Å². The fourth-order valence-electron chi connectivity index (χ4n) is 2.94. The number of piperazine rings is 1. The van der Waals surface area contributed by atoms with Crippen LogP contribution in [0.4, 0.5) is 10.6 Å². The molecule has 1 aliphatic rings. The van der Waals surface area contributed by atoms with Crippen molar-refractivity contribution in [2.45, 2.75) is 20.4 Å². The van der Waals surface area contributed by atoms with Crippen LogP contribution in [0.15, 0.2) is 36.7 Å². The molecule has 1 fully saturated rings. The van der Waals surface area contributed by atoms with Crippen LogP contribution in [0.2, 0.25) is 0 Å². The van der Waals surface area contributed by atoms with Gasteiger partial charge < -0.3 is 19.9 Å². The summed E-state index contributed by atoms with van der Waals surface area (Å²) in [7, 11) is 0. The molecule has 0 unspecified atom stereocenters. The van der Waals surface area contributed by atoms with Crippen LogP contribution in [-0.4, -0.2) is 64.6 Å². The maximum atomic E-state index is 12.7. The molecule has 1 saturated heterocycles. The van der Waals surface area contributed by atoms with Crippen LogP contribution in [0.1, 0.15) is 28.5 Å². The van der Waals surface area contributed by atoms with E-state index < -0.39 is 0 Å². The molecule has 0 atom stereocenters. The summed E-state index contributed by atoms with van der Waals surface area (Å²) in [6.07, 6.45) is 1.05. The van der Waals surface area contributed by atoms with Crippen LogP contribution in [0.5, 0.6) is 0 Å². The number of rotatable bonds is 5. The van der Waals surface area contributed by atoms with Gasteiger partial charge in [-0.05, 0) is 19.4 Å². The molecule has 0 saturated carbocycles. The highest BCUT2D eigenvalue weighted by Crippen LogP contribution is 2.12. The van der Waals surface area contributed by atoms with Gasteiger partial charge in [0.05, 0.1) is 6.61 Å². The Balaban J connectivity index is 1.56. The predicted octanol–water partition coefficient (Wildman–Crippen LogP) is 2.31. The Morgan fingerprint density at radius 3 is 2.43 bits per heavy atom. The molecule has 0 bridgehead atoms. The third kappa shape index (κ3) is 4.97. The first-order chi connectivity index (χ1) is 13.6. The van der Waals surface area contributed by atoms with E-state index in [1.54, 1.807) is 22.8 Å². The largest absolute Gasteiger partial charge is 0.450 e. The van der Waals surface area contributed by atoms with Crippen molar-refractivity contribution in [1.29, 1.82) is 0 Å². The van der Waals surface area contributed by atoms with E-state index in [1.807, 2.05) is 6.92 Å². The average Bonchev–Trinajstić information content (AvgIpc) is 2.73. The highest BCUT2D eigenvalue weighted by molar-refractivity contribution is 5.93. The zero-order chi connectivity index (χ0) is 19.9. The topological polar surface area (TPSA) is 87.7 Å². The summed E-state index contributed by atoms with van der Waals surface area (Å²) in [6.45, 7) is 6.59. The van der Waals surface area contributed by atoms with Crippen molar-refractivity contribution >= 4 is 17.8 Å². The number of aromatic nitrogens is 2. The second-order valence-corrected chi connectivity index (χ2v) is 6.61. The summed E-state index contributed by atoms with van der Waals surface area (Å²) in [6, 6.07) is 9.88. The van der Waals surface area contributed by atoms with Crippen LogP contribution >= 0.6 is 0 Å². The van der Waals surface area contributed by atoms with Gasteiger partial charge in [0.15, 0.2) is 0 Å². The lowest BCUT2D eigenvalue weighted by atomic mass is 10.1. The first-order valence-corrected chi connectivity index (χ1v) is 9.39. The lowest BCUT2D eigenvalue weighted by Crippen LogP contribution is -2.50. The highest BCUT2D eigenvalue weighted by atomic mass is 16.6. The molecule has 1 N–H and O–H groups in total. The minimum atomic E-state index is -0.334. The molecule has 2 heterocycles. The SMILES string of the molecule is CCOC(=O)N1CCN(C(=O)c2cc(NCc3ccc(C)cc3)ncn2)CC1. The van der Waals surface area contributed by atoms with E-state index in [4.69, 9.17) is 4.74 Å². The summed E-state index contributed by atoms with van der Waals surface area (Å²) in [5.41, 5.74) is 2.68. The number of benzene rings is 1. The number of hydrogen-bond donors (Lipinski definition) is 1. The molecule has 0 radical (unpaired) electrons. The van der Waals surface area contributed by atoms with E-state index in [-0.39, 0.29) is 12.0 Å². The predicted molar refractivity (Wildman–Crippen MR) is 105 cm³/mol. The molecule has 3 rings (SSSR count). The van der Waals surface area contributed by atoms with Gasteiger partial charge in [-0.1, -0.05) is 29.8 Å². The van der Waals surface area contributed by atoms with Gasteiger partial charge in [-0.3, -0.25) is 4.79 Å². The van der Waals surface area contributed by atoms with E-state index >= 15 is 0 Å². The van der Waals surface area contributed by atoms with Crippen molar-refractivity contribution in [3.63, 3.8) is 0 Å². The monoisotopic (exact) mass is 383 g/mol. The third-order valence-corrected chi connectivity index (χ3v) is 4.57. The maximum absolute atomic E-state index is 12.7. The normalized spacial score (nSPS) is 13.9. The number of nitrogens with one attached hydrogen (secondary N) is 1. The molecular weight excluding hydrogens is 358 g/mol. The Kier molecular flexibility index (Phi) is 6.41. The zero-order valence-electron chi connectivity index (χ0n) is 16.2. The third-order valence-electron chi connectivity index (χ3n) is 4.57. The molecule has 1 aromatic heterocycles. The first kappa shape index (κ1) is 19.6. The Labute approximate surface area is 164 Å². The fraction of sp³-hybridized carbons (Fsp3) is 0.400.